The van der Waals surface area contributed by atoms with Crippen molar-refractivity contribution in [3.63, 3.8) is 0 Å². The lowest BCUT2D eigenvalue weighted by molar-refractivity contribution is 0.0983. The van der Waals surface area contributed by atoms with Gasteiger partial charge in [0.15, 0.2) is 5.13 Å². The van der Waals surface area contributed by atoms with Crippen molar-refractivity contribution in [2.45, 2.75) is 32.1 Å². The van der Waals surface area contributed by atoms with Gasteiger partial charge < -0.3 is 14.4 Å². The molecule has 0 saturated heterocycles. The number of methoxy groups -OCH3 is 2. The van der Waals surface area contributed by atoms with Crippen molar-refractivity contribution in [3.05, 3.63) is 53.6 Å². The Labute approximate surface area is 248 Å². The van der Waals surface area contributed by atoms with Gasteiger partial charge in [0.25, 0.3) is 5.91 Å². The molecule has 9 nitrogen and oxygen atoms in total. The molecule has 0 fully saturated rings. The fourth-order valence-corrected chi connectivity index (χ4v) is 6.63. The zero-order valence-corrected chi connectivity index (χ0v) is 26.4. The maximum absolute atomic E-state index is 13.8. The highest BCUT2D eigenvalue weighted by Crippen LogP contribution is 2.31. The zero-order chi connectivity index (χ0) is 28.4. The molecule has 0 N–H and O–H groups in total. The number of hydrogen-bond acceptors (Lipinski definition) is 8. The minimum atomic E-state index is -3.78. The second kappa shape index (κ2) is 16.4. The number of aromatic nitrogens is 1. The van der Waals surface area contributed by atoms with E-state index in [4.69, 9.17) is 14.5 Å². The minimum absolute atomic E-state index is 0. The number of fused-ring (bicyclic) bond motifs is 1. The average Bonchev–Trinajstić information content (AvgIpc) is 3.38. The molecular weight excluding hydrogens is 572 g/mol. The predicted molar refractivity (Wildman–Crippen MR) is 165 cm³/mol. The number of sulfonamides is 1. The summed E-state index contributed by atoms with van der Waals surface area (Å²) in [5.74, 6) is -0.212. The average molecular weight is 613 g/mol. The molecule has 1 amide bonds. The van der Waals surface area contributed by atoms with E-state index in [1.807, 2.05) is 6.07 Å². The van der Waals surface area contributed by atoms with Crippen molar-refractivity contribution in [3.8, 4) is 0 Å². The topological polar surface area (TPSA) is 92.3 Å². The maximum Gasteiger partial charge on any atom is 0.260 e. The van der Waals surface area contributed by atoms with Crippen LogP contribution < -0.4 is 4.90 Å². The first-order valence-corrected chi connectivity index (χ1v) is 15.6. The van der Waals surface area contributed by atoms with Crippen LogP contribution in [0.1, 0.15) is 36.7 Å². The van der Waals surface area contributed by atoms with Crippen molar-refractivity contribution in [2.24, 2.45) is 0 Å². The number of carbonyl (C=O) groups excluding carboxylic acids is 1. The van der Waals surface area contributed by atoms with Crippen molar-refractivity contribution >= 4 is 55.0 Å². The minimum Gasteiger partial charge on any atom is -0.383 e. The molecular formula is C28H41ClN4O5S2. The molecule has 0 saturated carbocycles. The molecule has 222 valence electrons. The van der Waals surface area contributed by atoms with E-state index in [2.05, 4.69) is 37.8 Å². The van der Waals surface area contributed by atoms with Crippen LogP contribution in [-0.2, 0) is 25.9 Å². The highest BCUT2D eigenvalue weighted by Gasteiger charge is 2.26. The Bertz CT molecular complexity index is 1310. The summed E-state index contributed by atoms with van der Waals surface area (Å²) in [7, 11) is -0.722. The maximum atomic E-state index is 13.8. The summed E-state index contributed by atoms with van der Waals surface area (Å²) < 4.78 is 39.1. The van der Waals surface area contributed by atoms with E-state index in [9.17, 15) is 13.2 Å². The molecule has 3 rings (SSSR count). The van der Waals surface area contributed by atoms with E-state index < -0.39 is 10.0 Å². The largest absolute Gasteiger partial charge is 0.383 e. The van der Waals surface area contributed by atoms with Gasteiger partial charge in [-0.3, -0.25) is 9.69 Å². The van der Waals surface area contributed by atoms with Gasteiger partial charge >= 0.3 is 0 Å². The van der Waals surface area contributed by atoms with Gasteiger partial charge in [0.1, 0.15) is 0 Å². The van der Waals surface area contributed by atoms with Crippen LogP contribution in [0.15, 0.2) is 47.4 Å². The summed E-state index contributed by atoms with van der Waals surface area (Å²) in [6.07, 6.45) is 0.928. The van der Waals surface area contributed by atoms with Crippen molar-refractivity contribution < 1.29 is 22.7 Å². The van der Waals surface area contributed by atoms with Crippen molar-refractivity contribution in [1.82, 2.24) is 14.2 Å². The fourth-order valence-electron chi connectivity index (χ4n) is 4.17. The fraction of sp³-hybridized carbons (Fsp3) is 0.500. The molecule has 3 aromatic rings. The lowest BCUT2D eigenvalue weighted by atomic mass is 10.2. The van der Waals surface area contributed by atoms with E-state index in [1.165, 1.54) is 47.6 Å². The summed E-state index contributed by atoms with van der Waals surface area (Å²) in [5.41, 5.74) is 2.49. The predicted octanol–water partition coefficient (Wildman–Crippen LogP) is 4.55. The normalized spacial score (nSPS) is 11.8. The number of hydrogen-bond donors (Lipinski definition) is 0. The summed E-state index contributed by atoms with van der Waals surface area (Å²) in [6.45, 7) is 10.2. The molecule has 0 aliphatic heterocycles. The number of carbonyl (C=O) groups is 1. The number of ether oxygens (including phenoxy) is 2. The molecule has 0 aliphatic carbocycles. The summed E-state index contributed by atoms with van der Waals surface area (Å²) >= 11 is 1.50. The first-order valence-electron chi connectivity index (χ1n) is 13.3. The number of nitrogens with zero attached hydrogens (tertiary/aromatic N) is 4. The van der Waals surface area contributed by atoms with E-state index in [0.29, 0.717) is 23.8 Å². The third kappa shape index (κ3) is 8.45. The van der Waals surface area contributed by atoms with E-state index in [1.54, 1.807) is 17.0 Å². The third-order valence-corrected chi connectivity index (χ3v) is 9.64. The highest BCUT2D eigenvalue weighted by atomic mass is 35.5. The van der Waals surface area contributed by atoms with Crippen LogP contribution >= 0.6 is 23.7 Å². The number of aryl methyl sites for hydroxylation is 1. The lowest BCUT2D eigenvalue weighted by Crippen LogP contribution is -2.39. The second-order valence-electron chi connectivity index (χ2n) is 9.05. The molecule has 0 unspecified atom stereocenters. The molecule has 0 bridgehead atoms. The molecule has 0 radical (unpaired) electrons. The van der Waals surface area contributed by atoms with E-state index in [0.717, 1.165) is 29.7 Å². The van der Waals surface area contributed by atoms with Crippen LogP contribution in [0, 0.1) is 0 Å². The van der Waals surface area contributed by atoms with Crippen LogP contribution in [0.25, 0.3) is 10.2 Å². The Hall–Kier alpha value is -2.12. The Morgan fingerprint density at radius 1 is 0.900 bits per heavy atom. The number of likely N-dealkylation sites (N-methyl/N-ethyl adjacent to an activating group) is 1. The summed E-state index contributed by atoms with van der Waals surface area (Å²) in [4.78, 5) is 22.7. The van der Waals surface area contributed by atoms with Crippen LogP contribution in [0.2, 0.25) is 0 Å². The molecule has 12 heteroatoms. The molecule has 0 spiro atoms. The number of amides is 1. The van der Waals surface area contributed by atoms with Gasteiger partial charge in [-0.1, -0.05) is 38.2 Å². The number of rotatable bonds is 16. The van der Waals surface area contributed by atoms with Crippen molar-refractivity contribution in [2.75, 3.05) is 71.6 Å². The summed E-state index contributed by atoms with van der Waals surface area (Å²) in [5, 5.41) is 0.636. The molecule has 40 heavy (non-hydrogen) atoms. The van der Waals surface area contributed by atoms with Gasteiger partial charge in [0.2, 0.25) is 10.0 Å². The van der Waals surface area contributed by atoms with E-state index >= 15 is 0 Å². The van der Waals surface area contributed by atoms with Gasteiger partial charge in [-0.2, -0.15) is 4.31 Å². The smallest absolute Gasteiger partial charge is 0.260 e. The number of anilines is 1. The standard InChI is InChI=1S/C28H40N4O5S2.ClH/c1-6-22-9-14-25-26(21-22)38-28(29-25)32(16-15-30(7-2)8-3)27(33)23-10-12-24(13-11-23)39(34,35)31(17-19-36-4)18-20-37-5;/h9-14,21H,6-8,15-20H2,1-5H3;1H. The first kappa shape index (κ1) is 34.1. The molecule has 2 aromatic carbocycles. The van der Waals surface area contributed by atoms with Gasteiger partial charge in [-0.05, 0) is 61.5 Å². The molecule has 1 aromatic heterocycles. The van der Waals surface area contributed by atoms with Crippen LogP contribution in [0.4, 0.5) is 5.13 Å². The molecule has 0 aliphatic rings. The van der Waals surface area contributed by atoms with Crippen molar-refractivity contribution in [1.29, 1.82) is 0 Å². The quantitative estimate of drug-likeness (QED) is 0.234. The van der Waals surface area contributed by atoms with Gasteiger partial charge in [-0.25, -0.2) is 13.4 Å². The van der Waals surface area contributed by atoms with Gasteiger partial charge in [-0.15, -0.1) is 12.4 Å². The molecule has 0 atom stereocenters. The molecule has 1 heterocycles. The number of benzene rings is 2. The monoisotopic (exact) mass is 612 g/mol. The van der Waals surface area contributed by atoms with E-state index in [-0.39, 0.29) is 49.5 Å². The lowest BCUT2D eigenvalue weighted by Gasteiger charge is -2.25. The Morgan fingerprint density at radius 2 is 1.52 bits per heavy atom. The summed E-state index contributed by atoms with van der Waals surface area (Å²) in [6, 6.07) is 12.3. The Kier molecular flexibility index (Phi) is 13.9. The van der Waals surface area contributed by atoms with Gasteiger partial charge in [0, 0.05) is 46.0 Å². The zero-order valence-electron chi connectivity index (χ0n) is 24.0. The Morgan fingerprint density at radius 3 is 2.08 bits per heavy atom. The van der Waals surface area contributed by atoms with Crippen LogP contribution in [0.5, 0.6) is 0 Å². The van der Waals surface area contributed by atoms with Crippen LogP contribution in [0.3, 0.4) is 0 Å². The van der Waals surface area contributed by atoms with Gasteiger partial charge in [0.05, 0.1) is 28.3 Å². The SMILES string of the molecule is CCc1ccc2nc(N(CCN(CC)CC)C(=O)c3ccc(S(=O)(=O)N(CCOC)CCOC)cc3)sc2c1.Cl. The first-order chi connectivity index (χ1) is 18.8. The van der Waals surface area contributed by atoms with Crippen LogP contribution in [-0.4, -0.2) is 95.2 Å². The second-order valence-corrected chi connectivity index (χ2v) is 12.0. The third-order valence-electron chi connectivity index (χ3n) is 6.69. The Balaban J connectivity index is 0.00000560. The number of thiazole rings is 1. The highest BCUT2D eigenvalue weighted by molar-refractivity contribution is 7.89. The number of halogens is 1.